The van der Waals surface area contributed by atoms with Crippen molar-refractivity contribution < 1.29 is 0 Å². The summed E-state index contributed by atoms with van der Waals surface area (Å²) in [6.45, 7) is 2.39. The Morgan fingerprint density at radius 2 is 2.50 bits per heavy atom. The molecule has 1 aliphatic rings. The first-order valence-electron chi connectivity index (χ1n) is 2.98. The summed E-state index contributed by atoms with van der Waals surface area (Å²) in [5.41, 5.74) is 1.06. The van der Waals surface area contributed by atoms with Gasteiger partial charge in [0.1, 0.15) is 0 Å². The summed E-state index contributed by atoms with van der Waals surface area (Å²) in [6, 6.07) is 0. The van der Waals surface area contributed by atoms with Gasteiger partial charge in [0.25, 0.3) is 0 Å². The maximum atomic E-state index is 2.65. The molecular weight excluding hydrogens is 249 g/mol. The van der Waals surface area contributed by atoms with Crippen LogP contribution in [0.3, 0.4) is 0 Å². The normalized spacial score (nSPS) is 42.8. The highest BCUT2D eigenvalue weighted by Crippen LogP contribution is 2.67. The van der Waals surface area contributed by atoms with E-state index in [2.05, 4.69) is 29.0 Å². The van der Waals surface area contributed by atoms with Crippen LogP contribution in [0.2, 0.25) is 0 Å². The van der Waals surface area contributed by atoms with Gasteiger partial charge in [-0.2, -0.15) is 0 Å². The topological polar surface area (TPSA) is 0 Å². The molecule has 0 saturated carbocycles. The Morgan fingerprint density at radius 3 is 2.88 bits per heavy atom. The first kappa shape index (κ1) is 7.69. The molecule has 3 heteroatoms. The lowest BCUT2D eigenvalue weighted by atomic mass is 10.3. The highest BCUT2D eigenvalue weighted by molar-refractivity contribution is 14.2. The lowest BCUT2D eigenvalue weighted by Crippen LogP contribution is -1.98. The summed E-state index contributed by atoms with van der Waals surface area (Å²) in [5, 5.41) is 0.467. The molecule has 1 saturated heterocycles. The lowest BCUT2D eigenvalue weighted by Gasteiger charge is -2.21. The third kappa shape index (κ3) is 2.45. The molecule has 3 atom stereocenters. The highest BCUT2D eigenvalue weighted by atomic mass is 127. The van der Waals surface area contributed by atoms with Gasteiger partial charge in [0.15, 0.2) is 0 Å². The van der Waals surface area contributed by atoms with Gasteiger partial charge in [-0.25, -0.2) is 0 Å². The zero-order chi connectivity index (χ0) is 5.98. The van der Waals surface area contributed by atoms with Crippen LogP contribution < -0.4 is 0 Å². The summed E-state index contributed by atoms with van der Waals surface area (Å²) >= 11 is 2.65. The van der Waals surface area contributed by atoms with Crippen LogP contribution in [0, 0.1) is 0 Å². The smallest absolute Gasteiger partial charge is 0.0184 e. The molecule has 1 heterocycles. The average Bonchev–Trinajstić information content (AvgIpc) is 1.64. The average molecular weight is 260 g/mol. The molecule has 0 aromatic carbocycles. The second kappa shape index (κ2) is 3.68. The maximum absolute atomic E-state index is 2.65. The first-order valence-corrected chi connectivity index (χ1v) is 9.21. The van der Waals surface area contributed by atoms with Gasteiger partial charge in [-0.05, 0) is 52.0 Å². The van der Waals surface area contributed by atoms with Gasteiger partial charge in [0.05, 0.1) is 0 Å². The van der Waals surface area contributed by atoms with E-state index in [1.807, 2.05) is 0 Å². The van der Waals surface area contributed by atoms with Crippen LogP contribution in [0.15, 0.2) is 0 Å². The maximum Gasteiger partial charge on any atom is -0.0184 e. The molecule has 1 aliphatic heterocycles. The summed E-state index contributed by atoms with van der Waals surface area (Å²) in [4.78, 5) is 0. The van der Waals surface area contributed by atoms with Gasteiger partial charge in [-0.15, -0.1) is 0 Å². The molecule has 0 aromatic heterocycles. The van der Waals surface area contributed by atoms with Crippen LogP contribution in [-0.4, -0.2) is 11.8 Å². The minimum absolute atomic E-state index is 0.467. The van der Waals surface area contributed by atoms with Crippen molar-refractivity contribution in [3.8, 4) is 0 Å². The number of halogens is 1. The summed E-state index contributed by atoms with van der Waals surface area (Å²) in [5.74, 6) is 0. The third-order valence-corrected chi connectivity index (χ3v) is 9.86. The molecule has 48 valence electrons. The Labute approximate surface area is 67.1 Å². The zero-order valence-corrected chi connectivity index (χ0v) is 9.08. The van der Waals surface area contributed by atoms with Crippen molar-refractivity contribution in [3.63, 3.8) is 0 Å². The highest BCUT2D eigenvalue weighted by Gasteiger charge is 2.14. The fraction of sp³-hybridized carbons (Fsp3) is 1.00. The number of hydrogen-bond donors (Lipinski definition) is 0. The molecule has 1 fully saturated rings. The largest absolute Gasteiger partial charge is 0.0827 e. The van der Waals surface area contributed by atoms with Crippen molar-refractivity contribution in [2.75, 3.05) is 6.16 Å². The molecule has 0 nitrogen and oxygen atoms in total. The van der Waals surface area contributed by atoms with Gasteiger partial charge in [-0.1, -0.05) is 15.2 Å². The van der Waals surface area contributed by atoms with E-state index in [-0.39, 0.29) is 0 Å². The summed E-state index contributed by atoms with van der Waals surface area (Å²) < 4.78 is 0. The molecule has 0 radical (unpaired) electrons. The molecule has 0 spiro atoms. The molecule has 0 aliphatic carbocycles. The fourth-order valence-corrected chi connectivity index (χ4v) is 10.3. The quantitative estimate of drug-likeness (QED) is 0.461. The number of hydrogen-bond acceptors (Lipinski definition) is 0. The monoisotopic (exact) mass is 260 g/mol. The zero-order valence-electron chi connectivity index (χ0n) is 5.02. The van der Waals surface area contributed by atoms with Crippen LogP contribution in [0.1, 0.15) is 19.8 Å². The van der Waals surface area contributed by atoms with E-state index in [1.54, 1.807) is 6.16 Å². The standard InChI is InChI=1S/C5H11IP2/c1-5-3-2-4-8(6)7-5/h5,7H,2-4H2,1H3. The van der Waals surface area contributed by atoms with Gasteiger partial charge >= 0.3 is 0 Å². The summed E-state index contributed by atoms with van der Waals surface area (Å²) in [7, 11) is 1.30. The fourth-order valence-electron chi connectivity index (χ4n) is 0.905. The molecule has 8 heavy (non-hydrogen) atoms. The van der Waals surface area contributed by atoms with E-state index in [1.165, 1.54) is 21.1 Å². The van der Waals surface area contributed by atoms with Crippen LogP contribution in [-0.2, 0) is 0 Å². The van der Waals surface area contributed by atoms with Crippen molar-refractivity contribution in [3.05, 3.63) is 0 Å². The van der Waals surface area contributed by atoms with E-state index in [9.17, 15) is 0 Å². The number of rotatable bonds is 0. The van der Waals surface area contributed by atoms with Crippen LogP contribution in [0.4, 0.5) is 0 Å². The second-order valence-corrected chi connectivity index (χ2v) is 13.3. The Bertz CT molecular complexity index is 68.8. The van der Waals surface area contributed by atoms with Crippen molar-refractivity contribution in [2.45, 2.75) is 25.4 Å². The molecule has 0 aromatic rings. The van der Waals surface area contributed by atoms with Crippen LogP contribution >= 0.6 is 35.6 Å². The van der Waals surface area contributed by atoms with E-state index >= 15 is 0 Å². The Kier molecular flexibility index (Phi) is 3.54. The Morgan fingerprint density at radius 1 is 1.75 bits per heavy atom. The first-order chi connectivity index (χ1) is 3.79. The minimum Gasteiger partial charge on any atom is -0.0827 e. The lowest BCUT2D eigenvalue weighted by molar-refractivity contribution is 0.785. The van der Waals surface area contributed by atoms with E-state index in [4.69, 9.17) is 0 Å². The van der Waals surface area contributed by atoms with E-state index in [0.717, 1.165) is 5.66 Å². The van der Waals surface area contributed by atoms with Gasteiger partial charge in [-0.3, -0.25) is 0 Å². The molecule has 1 rings (SSSR count). The molecule has 0 bridgehead atoms. The SMILES string of the molecule is CC1CCCP(I)P1. The van der Waals surface area contributed by atoms with Gasteiger partial charge in [0.2, 0.25) is 0 Å². The predicted octanol–water partition coefficient (Wildman–Crippen LogP) is 3.59. The molecule has 0 N–H and O–H groups in total. The van der Waals surface area contributed by atoms with Crippen molar-refractivity contribution >= 4 is 35.6 Å². The Hall–Kier alpha value is 1.59. The van der Waals surface area contributed by atoms with Crippen LogP contribution in [0.25, 0.3) is 0 Å². The predicted molar refractivity (Wildman–Crippen MR) is 52.8 cm³/mol. The third-order valence-electron chi connectivity index (χ3n) is 1.35. The van der Waals surface area contributed by atoms with Gasteiger partial charge < -0.3 is 0 Å². The Balaban J connectivity index is 2.23. The van der Waals surface area contributed by atoms with Crippen molar-refractivity contribution in [1.29, 1.82) is 0 Å². The van der Waals surface area contributed by atoms with Crippen LogP contribution in [0.5, 0.6) is 0 Å². The minimum atomic E-state index is 0.467. The van der Waals surface area contributed by atoms with Gasteiger partial charge in [0, 0.05) is 0 Å². The second-order valence-electron chi connectivity index (χ2n) is 2.26. The summed E-state index contributed by atoms with van der Waals surface area (Å²) in [6.07, 6.45) is 4.54. The van der Waals surface area contributed by atoms with E-state index < -0.39 is 0 Å². The molecular formula is C5H11IP2. The molecule has 0 amide bonds. The molecule has 3 unspecified atom stereocenters. The van der Waals surface area contributed by atoms with Crippen molar-refractivity contribution in [1.82, 2.24) is 0 Å². The van der Waals surface area contributed by atoms with E-state index in [0.29, 0.717) is 5.25 Å². The van der Waals surface area contributed by atoms with Crippen molar-refractivity contribution in [2.24, 2.45) is 0 Å².